The molecule has 0 aliphatic heterocycles. The van der Waals surface area contributed by atoms with Gasteiger partial charge in [-0.3, -0.25) is 4.79 Å². The summed E-state index contributed by atoms with van der Waals surface area (Å²) in [5, 5.41) is 20.8. The Kier molecular flexibility index (Phi) is 5.80. The van der Waals surface area contributed by atoms with Gasteiger partial charge in [-0.1, -0.05) is 44.6 Å². The first kappa shape index (κ1) is 24.1. The minimum Gasteiger partial charge on any atom is -0.508 e. The normalized spacial score (nSPS) is 43.4. The predicted octanol–water partition coefficient (Wildman–Crippen LogP) is 6.55. The van der Waals surface area contributed by atoms with E-state index in [4.69, 9.17) is 4.74 Å². The molecule has 5 rings (SSSR count). The van der Waals surface area contributed by atoms with Gasteiger partial charge in [0.25, 0.3) is 0 Å². The molecular formula is C30H42O4. The van der Waals surface area contributed by atoms with E-state index in [-0.39, 0.29) is 22.0 Å². The number of fused-ring (bicyclic) bond motifs is 5. The molecule has 4 heteroatoms. The predicted molar refractivity (Wildman–Crippen MR) is 133 cm³/mol. The van der Waals surface area contributed by atoms with Crippen molar-refractivity contribution >= 4 is 5.78 Å². The number of carbonyl (C=O) groups is 1. The van der Waals surface area contributed by atoms with Crippen LogP contribution in [0.3, 0.4) is 0 Å². The van der Waals surface area contributed by atoms with Gasteiger partial charge in [-0.25, -0.2) is 0 Å². The SMILES string of the molecule is CC[C@]1(C(C)=O)CCC2C3CC=C4C[C@@](O)(OCc5ccc(O)cc5)CC[C@]4(C)C3CC[C@@]21C. The highest BCUT2D eigenvalue weighted by Gasteiger charge is 2.65. The number of benzene rings is 1. The first-order valence-corrected chi connectivity index (χ1v) is 13.4. The Hall–Kier alpha value is -1.65. The van der Waals surface area contributed by atoms with Crippen molar-refractivity contribution in [3.63, 3.8) is 0 Å². The van der Waals surface area contributed by atoms with E-state index in [2.05, 4.69) is 26.8 Å². The van der Waals surface area contributed by atoms with Crippen LogP contribution in [0.25, 0.3) is 0 Å². The maximum atomic E-state index is 12.9. The smallest absolute Gasteiger partial charge is 0.169 e. The molecule has 2 N–H and O–H groups in total. The molecule has 0 saturated heterocycles. The number of aliphatic hydroxyl groups is 1. The molecule has 3 fully saturated rings. The van der Waals surface area contributed by atoms with Crippen LogP contribution in [0, 0.1) is 34.0 Å². The van der Waals surface area contributed by atoms with Gasteiger partial charge < -0.3 is 14.9 Å². The van der Waals surface area contributed by atoms with Crippen molar-refractivity contribution in [2.75, 3.05) is 0 Å². The number of rotatable bonds is 5. The Balaban J connectivity index is 1.35. The number of allylic oxidation sites excluding steroid dienone is 1. The lowest BCUT2D eigenvalue weighted by Crippen LogP contribution is -2.55. The average Bonchev–Trinajstić information content (AvgIpc) is 3.13. The summed E-state index contributed by atoms with van der Waals surface area (Å²) in [6.07, 6.45) is 11.2. The largest absolute Gasteiger partial charge is 0.508 e. The van der Waals surface area contributed by atoms with Crippen molar-refractivity contribution < 1.29 is 19.7 Å². The number of carbonyl (C=O) groups excluding carboxylic acids is 1. The van der Waals surface area contributed by atoms with Crippen molar-refractivity contribution in [2.24, 2.45) is 34.0 Å². The summed E-state index contributed by atoms with van der Waals surface area (Å²) in [6, 6.07) is 7.00. The van der Waals surface area contributed by atoms with Crippen LogP contribution in [-0.2, 0) is 16.1 Å². The molecule has 0 spiro atoms. The summed E-state index contributed by atoms with van der Waals surface area (Å²) >= 11 is 0. The van der Waals surface area contributed by atoms with Crippen molar-refractivity contribution in [1.82, 2.24) is 0 Å². The molecule has 1 aromatic carbocycles. The fraction of sp³-hybridized carbons (Fsp3) is 0.700. The summed E-state index contributed by atoms with van der Waals surface area (Å²) in [5.74, 6) is 1.42. The summed E-state index contributed by atoms with van der Waals surface area (Å²) < 4.78 is 6.08. The quantitative estimate of drug-likeness (QED) is 0.382. The summed E-state index contributed by atoms with van der Waals surface area (Å²) in [7, 11) is 0. The zero-order chi connectivity index (χ0) is 24.4. The van der Waals surface area contributed by atoms with Crippen LogP contribution in [0.4, 0.5) is 0 Å². The topological polar surface area (TPSA) is 66.8 Å². The Bertz CT molecular complexity index is 982. The Morgan fingerprint density at radius 1 is 1.06 bits per heavy atom. The Morgan fingerprint density at radius 2 is 1.76 bits per heavy atom. The van der Waals surface area contributed by atoms with E-state index in [1.807, 2.05) is 19.1 Å². The highest BCUT2D eigenvalue weighted by Crippen LogP contribution is 2.70. The number of aromatic hydroxyl groups is 1. The van der Waals surface area contributed by atoms with Crippen molar-refractivity contribution in [3.05, 3.63) is 41.5 Å². The van der Waals surface area contributed by atoms with E-state index in [1.54, 1.807) is 12.1 Å². The molecule has 0 radical (unpaired) electrons. The lowest BCUT2D eigenvalue weighted by Gasteiger charge is -2.60. The molecule has 7 atom stereocenters. The second-order valence-electron chi connectivity index (χ2n) is 12.3. The molecular weight excluding hydrogens is 424 g/mol. The third kappa shape index (κ3) is 3.43. The molecule has 4 nitrogen and oxygen atoms in total. The van der Waals surface area contributed by atoms with Gasteiger partial charge in [0.1, 0.15) is 11.5 Å². The zero-order valence-electron chi connectivity index (χ0n) is 21.4. The third-order valence-corrected chi connectivity index (χ3v) is 11.2. The second kappa shape index (κ2) is 8.20. The molecule has 186 valence electrons. The number of ketones is 1. The number of Topliss-reactive ketones (excluding diaryl/α,β-unsaturated/α-hetero) is 1. The van der Waals surface area contributed by atoms with E-state index in [0.717, 1.165) is 37.7 Å². The van der Waals surface area contributed by atoms with Gasteiger partial charge in [-0.2, -0.15) is 0 Å². The van der Waals surface area contributed by atoms with Gasteiger partial charge >= 0.3 is 0 Å². The van der Waals surface area contributed by atoms with Crippen LogP contribution in [0.1, 0.15) is 91.0 Å². The Morgan fingerprint density at radius 3 is 2.44 bits per heavy atom. The standard InChI is InChI=1S/C30H42O4/c1-5-29(20(2)31)15-13-26-24-11-8-22-18-30(33,34-19-21-6-9-23(32)10-7-21)17-16-27(22,3)25(24)12-14-28(26,29)4/h6-10,24-26,32-33H,5,11-19H2,1-4H3/t24?,25?,26?,27-,28-,29+,30-/m0/s1. The minimum absolute atomic E-state index is 0.117. The number of phenols is 1. The van der Waals surface area contributed by atoms with E-state index >= 15 is 0 Å². The van der Waals surface area contributed by atoms with Crippen molar-refractivity contribution in [1.29, 1.82) is 0 Å². The van der Waals surface area contributed by atoms with Gasteiger partial charge in [-0.05, 0) is 98.1 Å². The van der Waals surface area contributed by atoms with Crippen LogP contribution < -0.4 is 0 Å². The van der Waals surface area contributed by atoms with Gasteiger partial charge in [0, 0.05) is 18.3 Å². The Labute approximate surface area is 204 Å². The van der Waals surface area contributed by atoms with Gasteiger partial charge in [0.05, 0.1) is 6.61 Å². The van der Waals surface area contributed by atoms with Crippen LogP contribution in [0.15, 0.2) is 35.9 Å². The van der Waals surface area contributed by atoms with Gasteiger partial charge in [0.2, 0.25) is 0 Å². The van der Waals surface area contributed by atoms with Crippen molar-refractivity contribution in [3.8, 4) is 5.75 Å². The van der Waals surface area contributed by atoms with Gasteiger partial charge in [-0.15, -0.1) is 0 Å². The van der Waals surface area contributed by atoms with E-state index in [1.165, 1.54) is 18.4 Å². The fourth-order valence-corrected chi connectivity index (χ4v) is 9.09. The van der Waals surface area contributed by atoms with Gasteiger partial charge in [0.15, 0.2) is 5.79 Å². The first-order valence-electron chi connectivity index (χ1n) is 13.4. The summed E-state index contributed by atoms with van der Waals surface area (Å²) in [6.45, 7) is 9.28. The number of ether oxygens (including phenoxy) is 1. The number of phenolic OH excluding ortho intramolecular Hbond substituents is 1. The maximum absolute atomic E-state index is 12.9. The van der Waals surface area contributed by atoms with E-state index in [0.29, 0.717) is 43.0 Å². The molecule has 0 heterocycles. The zero-order valence-corrected chi connectivity index (χ0v) is 21.4. The lowest BCUT2D eigenvalue weighted by molar-refractivity contribution is -0.231. The monoisotopic (exact) mass is 466 g/mol. The molecule has 34 heavy (non-hydrogen) atoms. The van der Waals surface area contributed by atoms with E-state index < -0.39 is 5.79 Å². The lowest BCUT2D eigenvalue weighted by atomic mass is 9.45. The molecule has 0 amide bonds. The third-order valence-electron chi connectivity index (χ3n) is 11.2. The molecule has 4 aliphatic carbocycles. The molecule has 3 unspecified atom stereocenters. The highest BCUT2D eigenvalue weighted by atomic mass is 16.6. The molecule has 3 saturated carbocycles. The average molecular weight is 467 g/mol. The fourth-order valence-electron chi connectivity index (χ4n) is 9.09. The maximum Gasteiger partial charge on any atom is 0.169 e. The minimum atomic E-state index is -1.13. The van der Waals surface area contributed by atoms with Crippen LogP contribution in [-0.4, -0.2) is 21.8 Å². The van der Waals surface area contributed by atoms with E-state index in [9.17, 15) is 15.0 Å². The number of hydrogen-bond acceptors (Lipinski definition) is 4. The second-order valence-corrected chi connectivity index (χ2v) is 12.3. The van der Waals surface area contributed by atoms with Crippen LogP contribution in [0.5, 0.6) is 5.75 Å². The molecule has 1 aromatic rings. The molecule has 0 aromatic heterocycles. The first-order chi connectivity index (χ1) is 16.1. The van der Waals surface area contributed by atoms with Crippen LogP contribution >= 0.6 is 0 Å². The summed E-state index contributed by atoms with van der Waals surface area (Å²) in [4.78, 5) is 12.9. The summed E-state index contributed by atoms with van der Waals surface area (Å²) in [5.41, 5.74) is 2.44. The van der Waals surface area contributed by atoms with Crippen LogP contribution in [0.2, 0.25) is 0 Å². The highest BCUT2D eigenvalue weighted by molar-refractivity contribution is 5.83. The van der Waals surface area contributed by atoms with Crippen molar-refractivity contribution in [2.45, 2.75) is 97.9 Å². The molecule has 0 bridgehead atoms. The number of hydrogen-bond donors (Lipinski definition) is 2. The molecule has 4 aliphatic rings.